The summed E-state index contributed by atoms with van der Waals surface area (Å²) in [5.41, 5.74) is 5.32. The van der Waals surface area contributed by atoms with E-state index in [4.69, 9.17) is 5.73 Å². The molecule has 5 nitrogen and oxygen atoms in total. The van der Waals surface area contributed by atoms with E-state index in [0.29, 0.717) is 5.82 Å². The molecular weight excluding hydrogens is 192 g/mol. The number of nitrogens with zero attached hydrogens (tertiary/aromatic N) is 3. The van der Waals surface area contributed by atoms with Crippen LogP contribution < -0.4 is 5.73 Å². The van der Waals surface area contributed by atoms with Crippen LogP contribution in [0.3, 0.4) is 0 Å². The Morgan fingerprint density at radius 3 is 2.73 bits per heavy atom. The van der Waals surface area contributed by atoms with E-state index in [1.165, 1.54) is 0 Å². The highest BCUT2D eigenvalue weighted by Crippen LogP contribution is 2.10. The zero-order valence-electron chi connectivity index (χ0n) is 9.64. The molecule has 0 aliphatic heterocycles. The van der Waals surface area contributed by atoms with Crippen molar-refractivity contribution in [2.24, 2.45) is 0 Å². The number of nitrogens with two attached hydrogens (primary N) is 1. The summed E-state index contributed by atoms with van der Waals surface area (Å²) < 4.78 is 1.80. The third-order valence-electron chi connectivity index (χ3n) is 2.75. The van der Waals surface area contributed by atoms with Gasteiger partial charge in [-0.25, -0.2) is 0 Å². The fraction of sp³-hybridized carbons (Fsp3) is 0.700. The highest BCUT2D eigenvalue weighted by atomic mass is 16.3. The normalized spacial score (nSPS) is 12.3. The van der Waals surface area contributed by atoms with Crippen LogP contribution in [0.15, 0.2) is 12.3 Å². The zero-order valence-corrected chi connectivity index (χ0v) is 9.64. The number of aromatic nitrogens is 2. The molecule has 1 aromatic heterocycles. The summed E-state index contributed by atoms with van der Waals surface area (Å²) in [5.74, 6) is 0.541. The lowest BCUT2D eigenvalue weighted by atomic mass is 10.1. The lowest BCUT2D eigenvalue weighted by molar-refractivity contribution is 0.0756. The molecule has 0 unspecified atom stereocenters. The Bertz CT molecular complexity index is 308. The molecule has 15 heavy (non-hydrogen) atoms. The second-order valence-corrected chi connectivity index (χ2v) is 4.40. The van der Waals surface area contributed by atoms with Gasteiger partial charge in [0, 0.05) is 18.3 Å². The van der Waals surface area contributed by atoms with Crippen LogP contribution >= 0.6 is 0 Å². The first-order valence-electron chi connectivity index (χ1n) is 5.07. The molecule has 5 heteroatoms. The second kappa shape index (κ2) is 4.63. The van der Waals surface area contributed by atoms with Gasteiger partial charge in [0.1, 0.15) is 5.82 Å². The van der Waals surface area contributed by atoms with Crippen molar-refractivity contribution >= 4 is 5.82 Å². The van der Waals surface area contributed by atoms with Gasteiger partial charge in [0.25, 0.3) is 0 Å². The molecule has 0 spiro atoms. The number of likely N-dealkylation sites (N-methyl/N-ethyl adjacent to an activating group) is 1. The summed E-state index contributed by atoms with van der Waals surface area (Å²) in [4.78, 5) is 2.10. The maximum atomic E-state index is 9.18. The number of aliphatic hydroxyl groups excluding tert-OH is 1. The van der Waals surface area contributed by atoms with E-state index >= 15 is 0 Å². The van der Waals surface area contributed by atoms with Crippen molar-refractivity contribution in [2.45, 2.75) is 25.9 Å². The average molecular weight is 212 g/mol. The van der Waals surface area contributed by atoms with E-state index in [1.807, 2.05) is 27.1 Å². The van der Waals surface area contributed by atoms with E-state index in [1.54, 1.807) is 10.7 Å². The van der Waals surface area contributed by atoms with Crippen LogP contribution in [0, 0.1) is 0 Å². The topological polar surface area (TPSA) is 67.3 Å². The molecule has 0 saturated heterocycles. The van der Waals surface area contributed by atoms with Gasteiger partial charge in [0.15, 0.2) is 0 Å². The Hall–Kier alpha value is -1.07. The summed E-state index contributed by atoms with van der Waals surface area (Å²) in [6, 6.07) is 1.77. The lowest BCUT2D eigenvalue weighted by Crippen LogP contribution is -2.45. The summed E-state index contributed by atoms with van der Waals surface area (Å²) in [6.45, 7) is 5.76. The van der Waals surface area contributed by atoms with Gasteiger partial charge in [-0.1, -0.05) is 0 Å². The predicted molar refractivity (Wildman–Crippen MR) is 60.4 cm³/mol. The predicted octanol–water partition coefficient (Wildman–Crippen LogP) is 0.168. The largest absolute Gasteiger partial charge is 0.394 e. The maximum absolute atomic E-state index is 9.18. The Morgan fingerprint density at radius 2 is 2.27 bits per heavy atom. The minimum Gasteiger partial charge on any atom is -0.394 e. The number of nitrogen functional groups attached to an aromatic ring is 1. The number of hydrogen-bond acceptors (Lipinski definition) is 4. The van der Waals surface area contributed by atoms with Crippen molar-refractivity contribution in [2.75, 3.05) is 25.9 Å². The van der Waals surface area contributed by atoms with Crippen molar-refractivity contribution in [1.82, 2.24) is 14.7 Å². The molecule has 1 heterocycles. The molecule has 0 amide bonds. The zero-order chi connectivity index (χ0) is 11.5. The first-order valence-corrected chi connectivity index (χ1v) is 5.07. The number of rotatable bonds is 5. The molecule has 0 bridgehead atoms. The van der Waals surface area contributed by atoms with Crippen LogP contribution in [-0.2, 0) is 6.54 Å². The van der Waals surface area contributed by atoms with Gasteiger partial charge in [0.05, 0.1) is 13.2 Å². The smallest absolute Gasteiger partial charge is 0.145 e. The van der Waals surface area contributed by atoms with Crippen LogP contribution in [0.4, 0.5) is 5.82 Å². The molecule has 0 atom stereocenters. The quantitative estimate of drug-likeness (QED) is 0.730. The Labute approximate surface area is 90.5 Å². The molecule has 86 valence electrons. The van der Waals surface area contributed by atoms with Crippen LogP contribution in [0.2, 0.25) is 0 Å². The van der Waals surface area contributed by atoms with E-state index in [2.05, 4.69) is 10.00 Å². The number of anilines is 1. The summed E-state index contributed by atoms with van der Waals surface area (Å²) >= 11 is 0. The van der Waals surface area contributed by atoms with E-state index in [9.17, 15) is 5.11 Å². The van der Waals surface area contributed by atoms with Gasteiger partial charge < -0.3 is 10.8 Å². The van der Waals surface area contributed by atoms with Gasteiger partial charge in [-0.2, -0.15) is 5.10 Å². The third kappa shape index (κ3) is 3.21. The van der Waals surface area contributed by atoms with Gasteiger partial charge in [-0.15, -0.1) is 0 Å². The maximum Gasteiger partial charge on any atom is 0.145 e. The van der Waals surface area contributed by atoms with E-state index in [-0.39, 0.29) is 12.1 Å². The second-order valence-electron chi connectivity index (χ2n) is 4.40. The first kappa shape index (κ1) is 12.0. The SMILES string of the molecule is CN(CCn1ccc(N)n1)C(C)(C)CO. The molecule has 0 fully saturated rings. The van der Waals surface area contributed by atoms with Gasteiger partial charge >= 0.3 is 0 Å². The molecule has 1 rings (SSSR count). The Morgan fingerprint density at radius 1 is 1.60 bits per heavy atom. The van der Waals surface area contributed by atoms with Gasteiger partial charge in [-0.05, 0) is 27.0 Å². The number of aliphatic hydroxyl groups is 1. The van der Waals surface area contributed by atoms with Crippen LogP contribution in [0.25, 0.3) is 0 Å². The van der Waals surface area contributed by atoms with Crippen molar-refractivity contribution in [3.63, 3.8) is 0 Å². The van der Waals surface area contributed by atoms with Crippen LogP contribution in [-0.4, -0.2) is 45.5 Å². The standard InChI is InChI=1S/C10H20N4O/c1-10(2,8-15)13(3)6-7-14-5-4-9(11)12-14/h4-5,15H,6-8H2,1-3H3,(H2,11,12). The fourth-order valence-electron chi connectivity index (χ4n) is 1.18. The minimum atomic E-state index is -0.196. The fourth-order valence-corrected chi connectivity index (χ4v) is 1.18. The van der Waals surface area contributed by atoms with Crippen molar-refractivity contribution in [3.8, 4) is 0 Å². The van der Waals surface area contributed by atoms with Crippen LogP contribution in [0.5, 0.6) is 0 Å². The molecule has 0 saturated carbocycles. The lowest BCUT2D eigenvalue weighted by Gasteiger charge is -2.33. The van der Waals surface area contributed by atoms with E-state index in [0.717, 1.165) is 13.1 Å². The molecule has 1 aromatic rings. The molecule has 0 radical (unpaired) electrons. The molecular formula is C10H20N4O. The van der Waals surface area contributed by atoms with Gasteiger partial charge in [-0.3, -0.25) is 9.58 Å². The number of hydrogen-bond donors (Lipinski definition) is 2. The Kier molecular flexibility index (Phi) is 3.71. The van der Waals surface area contributed by atoms with Gasteiger partial charge in [0.2, 0.25) is 0 Å². The van der Waals surface area contributed by atoms with Crippen molar-refractivity contribution in [3.05, 3.63) is 12.3 Å². The Balaban J connectivity index is 2.44. The van der Waals surface area contributed by atoms with Crippen LogP contribution in [0.1, 0.15) is 13.8 Å². The highest BCUT2D eigenvalue weighted by molar-refractivity contribution is 5.23. The molecule has 0 aliphatic carbocycles. The minimum absolute atomic E-state index is 0.144. The molecule has 0 aromatic carbocycles. The molecule has 3 N–H and O–H groups in total. The molecule has 0 aliphatic rings. The third-order valence-corrected chi connectivity index (χ3v) is 2.75. The summed E-state index contributed by atoms with van der Waals surface area (Å²) in [7, 11) is 1.99. The summed E-state index contributed by atoms with van der Waals surface area (Å²) in [6.07, 6.45) is 1.86. The van der Waals surface area contributed by atoms with E-state index < -0.39 is 0 Å². The van der Waals surface area contributed by atoms with Crippen molar-refractivity contribution < 1.29 is 5.11 Å². The highest BCUT2D eigenvalue weighted by Gasteiger charge is 2.21. The monoisotopic (exact) mass is 212 g/mol. The summed E-state index contributed by atoms with van der Waals surface area (Å²) in [5, 5.41) is 13.3. The average Bonchev–Trinajstić information content (AvgIpc) is 2.60. The van der Waals surface area contributed by atoms with Crippen molar-refractivity contribution in [1.29, 1.82) is 0 Å². The first-order chi connectivity index (χ1) is 6.95.